The molecule has 0 aromatic heterocycles. The summed E-state index contributed by atoms with van der Waals surface area (Å²) in [6, 6.07) is 8.80. The van der Waals surface area contributed by atoms with Crippen LogP contribution in [0.3, 0.4) is 0 Å². The van der Waals surface area contributed by atoms with Crippen LogP contribution in [0.1, 0.15) is 24.8 Å². The van der Waals surface area contributed by atoms with E-state index in [2.05, 4.69) is 17.9 Å². The number of rotatable bonds is 6. The number of nitrogens with zero attached hydrogens (tertiary/aromatic N) is 1. The van der Waals surface area contributed by atoms with E-state index in [9.17, 15) is 19.5 Å². The maximum absolute atomic E-state index is 13.0. The van der Waals surface area contributed by atoms with Gasteiger partial charge >= 0.3 is 5.97 Å². The molecule has 3 rings (SSSR count). The van der Waals surface area contributed by atoms with Gasteiger partial charge in [-0.15, -0.1) is 0 Å². The maximum atomic E-state index is 13.0. The lowest BCUT2D eigenvalue weighted by Gasteiger charge is -2.29. The lowest BCUT2D eigenvalue weighted by Crippen LogP contribution is -2.50. The lowest BCUT2D eigenvalue weighted by molar-refractivity contribution is -0.144. The minimum Gasteiger partial charge on any atom is -0.480 e. The number of nitrogens with one attached hydrogen (secondary N) is 1. The highest BCUT2D eigenvalue weighted by Crippen LogP contribution is 2.32. The zero-order valence-electron chi connectivity index (χ0n) is 15.5. The number of hydrogen-bond acceptors (Lipinski definition) is 4. The van der Waals surface area contributed by atoms with Gasteiger partial charge in [-0.1, -0.05) is 42.5 Å². The molecule has 0 bridgehead atoms. The monoisotopic (exact) mass is 400 g/mol. The van der Waals surface area contributed by atoms with E-state index < -0.39 is 23.8 Å². The quantitative estimate of drug-likeness (QED) is 0.639. The van der Waals surface area contributed by atoms with Gasteiger partial charge in [0, 0.05) is 11.6 Å². The average molecular weight is 401 g/mol. The molecule has 2 amide bonds. The van der Waals surface area contributed by atoms with Crippen molar-refractivity contribution in [1.29, 1.82) is 0 Å². The van der Waals surface area contributed by atoms with Crippen molar-refractivity contribution in [2.24, 2.45) is 5.92 Å². The summed E-state index contributed by atoms with van der Waals surface area (Å²) in [5, 5.41) is 11.5. The van der Waals surface area contributed by atoms with Crippen molar-refractivity contribution in [1.82, 2.24) is 10.2 Å². The summed E-state index contributed by atoms with van der Waals surface area (Å²) >= 11 is 4.40. The Kier molecular flexibility index (Phi) is 6.57. The number of allylic oxidation sites excluding steroid dienone is 4. The largest absolute Gasteiger partial charge is 0.480 e. The molecule has 1 fully saturated rings. The minimum atomic E-state index is -1.08. The minimum absolute atomic E-state index is 0.0892. The standard InChI is InChI=1S/C21H24N2O4S/c24-19(25)13-23-17-9-5-4-8-15(17)10-11-16(21(23)27)22-20(26)18(28)12-14-6-2-1-3-7-14/h1-7,9,15-16,18,28H,8,10-13H2,(H,22,26)(H,24,25)/t15?,16?,18-/m0/s1. The molecule has 1 saturated heterocycles. The van der Waals surface area contributed by atoms with E-state index in [1.807, 2.05) is 42.5 Å². The van der Waals surface area contributed by atoms with Crippen molar-refractivity contribution in [2.75, 3.05) is 6.54 Å². The molecule has 2 unspecified atom stereocenters. The smallest absolute Gasteiger partial charge is 0.323 e. The summed E-state index contributed by atoms with van der Waals surface area (Å²) in [6.07, 6.45) is 8.06. The fourth-order valence-electron chi connectivity index (χ4n) is 3.69. The van der Waals surface area contributed by atoms with E-state index in [0.29, 0.717) is 19.3 Å². The first kappa shape index (κ1) is 20.2. The van der Waals surface area contributed by atoms with Crippen molar-refractivity contribution in [3.8, 4) is 0 Å². The number of carboxylic acids is 1. The molecule has 7 heteroatoms. The third-order valence-corrected chi connectivity index (χ3v) is 5.52. The second kappa shape index (κ2) is 9.10. The summed E-state index contributed by atoms with van der Waals surface area (Å²) in [5.74, 6) is -1.69. The number of fused-ring (bicyclic) bond motifs is 1. The molecule has 1 aromatic carbocycles. The predicted octanol–water partition coefficient (Wildman–Crippen LogP) is 2.18. The van der Waals surface area contributed by atoms with E-state index in [-0.39, 0.29) is 17.7 Å². The molecule has 2 N–H and O–H groups in total. The van der Waals surface area contributed by atoms with Gasteiger partial charge in [-0.25, -0.2) is 0 Å². The second-order valence-corrected chi connectivity index (χ2v) is 7.74. The van der Waals surface area contributed by atoms with Crippen molar-refractivity contribution >= 4 is 30.4 Å². The third-order valence-electron chi connectivity index (χ3n) is 5.11. The number of aliphatic carboxylic acids is 1. The van der Waals surface area contributed by atoms with E-state index in [4.69, 9.17) is 0 Å². The van der Waals surface area contributed by atoms with Crippen LogP contribution < -0.4 is 5.32 Å². The molecule has 1 heterocycles. The fraction of sp³-hybridized carbons (Fsp3) is 0.381. The highest BCUT2D eigenvalue weighted by molar-refractivity contribution is 7.81. The number of carboxylic acid groups (broad SMARTS) is 1. The van der Waals surface area contributed by atoms with Crippen LogP contribution in [0.5, 0.6) is 0 Å². The van der Waals surface area contributed by atoms with Gasteiger partial charge in [-0.2, -0.15) is 12.6 Å². The van der Waals surface area contributed by atoms with Crippen molar-refractivity contribution < 1.29 is 19.5 Å². The Morgan fingerprint density at radius 1 is 1.25 bits per heavy atom. The van der Waals surface area contributed by atoms with Crippen LogP contribution in [-0.2, 0) is 20.8 Å². The SMILES string of the molecule is O=C(O)CN1C(=O)C(NC(=O)[C@@H](S)Cc2ccccc2)CCC2CC=CC=C21. The molecule has 0 saturated carbocycles. The molecule has 6 nitrogen and oxygen atoms in total. The van der Waals surface area contributed by atoms with E-state index in [1.165, 1.54) is 4.90 Å². The molecule has 0 spiro atoms. The molecule has 1 aromatic rings. The first-order chi connectivity index (χ1) is 13.5. The molecule has 0 radical (unpaired) electrons. The van der Waals surface area contributed by atoms with E-state index >= 15 is 0 Å². The summed E-state index contributed by atoms with van der Waals surface area (Å²) in [4.78, 5) is 38.2. The normalized spacial score (nSPS) is 22.7. The number of hydrogen-bond donors (Lipinski definition) is 3. The molecule has 1 aliphatic heterocycles. The Balaban J connectivity index is 1.71. The van der Waals surface area contributed by atoms with Crippen LogP contribution in [0.2, 0.25) is 0 Å². The van der Waals surface area contributed by atoms with Crippen molar-refractivity contribution in [3.63, 3.8) is 0 Å². The van der Waals surface area contributed by atoms with E-state index in [0.717, 1.165) is 17.7 Å². The Hall–Kier alpha value is -2.54. The lowest BCUT2D eigenvalue weighted by atomic mass is 9.92. The van der Waals surface area contributed by atoms with Gasteiger partial charge in [0.1, 0.15) is 12.6 Å². The van der Waals surface area contributed by atoms with Crippen molar-refractivity contribution in [2.45, 2.75) is 37.0 Å². The molecule has 1 aliphatic carbocycles. The second-order valence-electron chi connectivity index (χ2n) is 7.11. The molecule has 3 atom stereocenters. The van der Waals surface area contributed by atoms with E-state index in [1.54, 1.807) is 6.08 Å². The van der Waals surface area contributed by atoms with Gasteiger partial charge < -0.3 is 15.3 Å². The average Bonchev–Trinajstić information content (AvgIpc) is 2.81. The Labute approximate surface area is 169 Å². The van der Waals surface area contributed by atoms with Crippen LogP contribution in [-0.4, -0.2) is 45.6 Å². The fourth-order valence-corrected chi connectivity index (χ4v) is 3.97. The van der Waals surface area contributed by atoms with Gasteiger partial charge in [-0.3, -0.25) is 14.4 Å². The highest BCUT2D eigenvalue weighted by atomic mass is 32.1. The Bertz CT molecular complexity index is 806. The van der Waals surface area contributed by atoms with Gasteiger partial charge in [0.15, 0.2) is 0 Å². The van der Waals surface area contributed by atoms with Gasteiger partial charge in [0.25, 0.3) is 0 Å². The van der Waals surface area contributed by atoms with Gasteiger partial charge in [0.2, 0.25) is 11.8 Å². The predicted molar refractivity (Wildman–Crippen MR) is 109 cm³/mol. The van der Waals surface area contributed by atoms with Crippen LogP contribution in [0.25, 0.3) is 0 Å². The summed E-state index contributed by atoms with van der Waals surface area (Å²) in [5.41, 5.74) is 1.71. The number of carbonyl (C=O) groups is 3. The Morgan fingerprint density at radius 2 is 2.00 bits per heavy atom. The highest BCUT2D eigenvalue weighted by Gasteiger charge is 2.37. The van der Waals surface area contributed by atoms with Crippen molar-refractivity contribution in [3.05, 3.63) is 59.8 Å². The first-order valence-electron chi connectivity index (χ1n) is 9.38. The summed E-state index contributed by atoms with van der Waals surface area (Å²) < 4.78 is 0. The van der Waals surface area contributed by atoms with Crippen LogP contribution in [0.4, 0.5) is 0 Å². The number of benzene rings is 1. The summed E-state index contributed by atoms with van der Waals surface area (Å²) in [6.45, 7) is -0.407. The molecule has 148 valence electrons. The number of thiol groups is 1. The van der Waals surface area contributed by atoms with Crippen LogP contribution in [0.15, 0.2) is 54.3 Å². The molecule has 28 heavy (non-hydrogen) atoms. The number of likely N-dealkylation sites (tertiary alicyclic amines) is 1. The van der Waals surface area contributed by atoms with Gasteiger partial charge in [-0.05, 0) is 37.3 Å². The van der Waals surface area contributed by atoms with Crippen LogP contribution >= 0.6 is 12.6 Å². The number of amides is 2. The maximum Gasteiger partial charge on any atom is 0.323 e. The number of carbonyl (C=O) groups excluding carboxylic acids is 2. The molecular formula is C21H24N2O4S. The zero-order valence-corrected chi connectivity index (χ0v) is 16.3. The molecule has 2 aliphatic rings. The summed E-state index contributed by atoms with van der Waals surface area (Å²) in [7, 11) is 0. The third kappa shape index (κ3) is 4.84. The Morgan fingerprint density at radius 3 is 2.71 bits per heavy atom. The van der Waals surface area contributed by atoms with Gasteiger partial charge in [0.05, 0.1) is 5.25 Å². The molecular weight excluding hydrogens is 376 g/mol. The van der Waals surface area contributed by atoms with Crippen LogP contribution in [0, 0.1) is 5.92 Å². The topological polar surface area (TPSA) is 86.7 Å². The zero-order chi connectivity index (χ0) is 20.1. The first-order valence-corrected chi connectivity index (χ1v) is 9.89.